The van der Waals surface area contributed by atoms with Crippen molar-refractivity contribution in [1.29, 1.82) is 0 Å². The van der Waals surface area contributed by atoms with E-state index in [0.29, 0.717) is 0 Å². The van der Waals surface area contributed by atoms with Gasteiger partial charge in [0, 0.05) is 8.02 Å². The summed E-state index contributed by atoms with van der Waals surface area (Å²) in [6.45, 7) is -0.567. The summed E-state index contributed by atoms with van der Waals surface area (Å²) in [7, 11) is 0. The Balaban J connectivity index is 2.46. The Morgan fingerprint density at radius 1 is 1.11 bits per heavy atom. The van der Waals surface area contributed by atoms with Gasteiger partial charge in [-0.05, 0) is 23.6 Å². The first-order valence-corrected chi connectivity index (χ1v) is 6.49. The maximum Gasteiger partial charge on any atom is 0.108 e. The highest BCUT2D eigenvalue weighted by Crippen LogP contribution is 2.28. The minimum absolute atomic E-state index is 0.690. The van der Waals surface area contributed by atoms with E-state index < -0.39 is 17.9 Å². The van der Waals surface area contributed by atoms with Crippen LogP contribution in [-0.2, 0) is 4.74 Å². The van der Waals surface area contributed by atoms with Gasteiger partial charge in [0.15, 0.2) is 0 Å². The summed E-state index contributed by atoms with van der Waals surface area (Å²) in [5.74, 6) is 0. The number of ether oxygens (including phenoxy) is 1. The Hall–Kier alpha value is -1.12. The van der Waals surface area contributed by atoms with Crippen LogP contribution in [0.1, 0.15) is 28.3 Å². The fourth-order valence-corrected chi connectivity index (χ4v) is 1.99. The van der Waals surface area contributed by atoms with Gasteiger partial charge in [0.25, 0.3) is 0 Å². The molecule has 0 aliphatic carbocycles. The largest absolute Gasteiger partial charge is 0.368 e. The van der Waals surface area contributed by atoms with Gasteiger partial charge < -0.3 is 4.74 Å². The molecule has 0 fully saturated rings. The third-order valence-electron chi connectivity index (χ3n) is 2.79. The molecule has 0 radical (unpaired) electrons. The Labute approximate surface area is 123 Å². The number of rotatable bonds is 5. The second-order valence-corrected chi connectivity index (χ2v) is 4.36. The topological polar surface area (TPSA) is 9.23 Å². The van der Waals surface area contributed by atoms with E-state index in [2.05, 4.69) is 15.9 Å². The number of halogens is 1. The summed E-state index contributed by atoms with van der Waals surface area (Å²) in [4.78, 5) is 0. The monoisotopic (exact) mass is 308 g/mol. The van der Waals surface area contributed by atoms with E-state index >= 15 is 0 Å². The van der Waals surface area contributed by atoms with E-state index in [9.17, 15) is 0 Å². The molecule has 0 saturated heterocycles. The van der Waals surface area contributed by atoms with E-state index in [-0.39, 0.29) is 0 Å². The van der Waals surface area contributed by atoms with Crippen molar-refractivity contribution < 1.29 is 10.2 Å². The highest BCUT2D eigenvalue weighted by molar-refractivity contribution is 9.09. The quantitative estimate of drug-likeness (QED) is 0.739. The highest BCUT2D eigenvalue weighted by Gasteiger charge is 2.15. The van der Waals surface area contributed by atoms with Crippen LogP contribution < -0.4 is 0 Å². The van der Waals surface area contributed by atoms with E-state index in [1.54, 1.807) is 0 Å². The molecule has 0 amide bonds. The van der Waals surface area contributed by atoms with Gasteiger partial charge >= 0.3 is 0 Å². The van der Waals surface area contributed by atoms with Gasteiger partial charge in [-0.3, -0.25) is 0 Å². The Bertz CT molecular complexity index is 626. The normalized spacial score (nSPS) is 17.2. The fourth-order valence-electron chi connectivity index (χ4n) is 1.90. The van der Waals surface area contributed by atoms with Gasteiger partial charge in [0.2, 0.25) is 0 Å². The average Bonchev–Trinajstić information content (AvgIpc) is 2.45. The van der Waals surface area contributed by atoms with Crippen LogP contribution in [-0.4, -0.2) is 11.8 Å². The molecule has 1 nitrogen and oxygen atoms in total. The van der Waals surface area contributed by atoms with Gasteiger partial charge in [0.05, 0.1) is 9.30 Å². The number of benzene rings is 2. The third-order valence-corrected chi connectivity index (χ3v) is 2.95. The highest BCUT2D eigenvalue weighted by atomic mass is 79.9. The van der Waals surface area contributed by atoms with E-state index in [1.807, 2.05) is 61.5 Å². The van der Waals surface area contributed by atoms with Crippen LogP contribution in [0, 0.1) is 6.92 Å². The SMILES string of the molecule is [2H]C([2H])(Br)C([2H])([2H])OC(c1ccccc1)c1ccccc1C. The molecule has 0 heterocycles. The van der Waals surface area contributed by atoms with Gasteiger partial charge in [-0.15, -0.1) is 0 Å². The van der Waals surface area contributed by atoms with Crippen molar-refractivity contribution >= 4 is 15.9 Å². The van der Waals surface area contributed by atoms with Crippen LogP contribution in [0.2, 0.25) is 0 Å². The maximum absolute atomic E-state index is 7.90. The van der Waals surface area contributed by atoms with Crippen LogP contribution >= 0.6 is 15.9 Å². The minimum Gasteiger partial charge on any atom is -0.368 e. The molecular formula is C16H17BrO. The number of hydrogen-bond donors (Lipinski definition) is 0. The first-order valence-electron chi connectivity index (χ1n) is 7.69. The van der Waals surface area contributed by atoms with Crippen molar-refractivity contribution in [1.82, 2.24) is 0 Å². The second kappa shape index (κ2) is 6.72. The van der Waals surface area contributed by atoms with Crippen LogP contribution in [0.5, 0.6) is 0 Å². The lowest BCUT2D eigenvalue weighted by atomic mass is 9.97. The van der Waals surface area contributed by atoms with Gasteiger partial charge in [-0.2, -0.15) is 0 Å². The van der Waals surface area contributed by atoms with Crippen LogP contribution in [0.25, 0.3) is 0 Å². The predicted octanol–water partition coefficient (Wildman–Crippen LogP) is 4.50. The van der Waals surface area contributed by atoms with Crippen LogP contribution in [0.15, 0.2) is 54.6 Å². The molecule has 1 atom stereocenters. The molecular weight excluding hydrogens is 288 g/mol. The second-order valence-electron chi connectivity index (χ2n) is 3.96. The number of aryl methyl sites for hydroxylation is 1. The molecule has 94 valence electrons. The molecule has 0 aliphatic rings. The standard InChI is InChI=1S/C16H17BrO/c1-13-7-5-6-10-15(13)16(18-12-11-17)14-8-3-2-4-9-14/h2-10,16H,11-12H2,1H3/i11D2,12D2. The molecule has 1 unspecified atom stereocenters. The Morgan fingerprint density at radius 3 is 2.44 bits per heavy atom. The fraction of sp³-hybridized carbons (Fsp3) is 0.250. The molecule has 0 N–H and O–H groups in total. The van der Waals surface area contributed by atoms with Gasteiger partial charge in [0.1, 0.15) is 6.10 Å². The molecule has 0 saturated carbocycles. The molecule has 18 heavy (non-hydrogen) atoms. The molecule has 0 aromatic heterocycles. The van der Waals surface area contributed by atoms with Crippen molar-refractivity contribution in [3.05, 3.63) is 71.3 Å². The van der Waals surface area contributed by atoms with Crippen molar-refractivity contribution in [3.8, 4) is 0 Å². The first-order chi connectivity index (χ1) is 10.2. The predicted molar refractivity (Wildman–Crippen MR) is 79.2 cm³/mol. The third kappa shape index (κ3) is 3.21. The number of alkyl halides is 1. The summed E-state index contributed by atoms with van der Waals surface area (Å²) < 4.78 is 36.5. The lowest BCUT2D eigenvalue weighted by molar-refractivity contribution is 0.0936. The summed E-state index contributed by atoms with van der Waals surface area (Å²) in [6.07, 6.45) is -0.690. The zero-order valence-corrected chi connectivity index (χ0v) is 11.6. The van der Waals surface area contributed by atoms with Gasteiger partial charge in [-0.25, -0.2) is 0 Å². The molecule has 0 spiro atoms. The van der Waals surface area contributed by atoms with E-state index in [1.165, 1.54) is 0 Å². The van der Waals surface area contributed by atoms with Crippen LogP contribution in [0.3, 0.4) is 0 Å². The van der Waals surface area contributed by atoms with E-state index in [0.717, 1.165) is 16.7 Å². The zero-order valence-electron chi connectivity index (χ0n) is 14.1. The lowest BCUT2D eigenvalue weighted by Gasteiger charge is -2.20. The van der Waals surface area contributed by atoms with Crippen molar-refractivity contribution in [2.45, 2.75) is 13.0 Å². The minimum atomic E-state index is -2.49. The molecule has 2 aromatic carbocycles. The van der Waals surface area contributed by atoms with Crippen LogP contribution in [0.4, 0.5) is 0 Å². The summed E-state index contributed by atoms with van der Waals surface area (Å²) in [6, 6.07) is 16.8. The molecule has 0 bridgehead atoms. The molecule has 0 aliphatic heterocycles. The summed E-state index contributed by atoms with van der Waals surface area (Å²) in [5, 5.41) is -2.30. The van der Waals surface area contributed by atoms with Crippen molar-refractivity contribution in [3.63, 3.8) is 0 Å². The maximum atomic E-state index is 7.90. The van der Waals surface area contributed by atoms with Crippen molar-refractivity contribution in [2.75, 3.05) is 11.8 Å². The lowest BCUT2D eigenvalue weighted by Crippen LogP contribution is -2.09. The molecule has 2 rings (SSSR count). The molecule has 2 aromatic rings. The van der Waals surface area contributed by atoms with E-state index in [4.69, 9.17) is 10.2 Å². The summed E-state index contributed by atoms with van der Waals surface area (Å²) in [5.41, 5.74) is 2.55. The molecule has 2 heteroatoms. The Morgan fingerprint density at radius 2 is 1.78 bits per heavy atom. The summed E-state index contributed by atoms with van der Waals surface area (Å²) >= 11 is 2.73. The first kappa shape index (κ1) is 8.89. The average molecular weight is 309 g/mol. The number of hydrogen-bond acceptors (Lipinski definition) is 1. The van der Waals surface area contributed by atoms with Crippen molar-refractivity contribution in [2.24, 2.45) is 0 Å². The zero-order chi connectivity index (χ0) is 16.4. The smallest absolute Gasteiger partial charge is 0.108 e. The Kier molecular flexibility index (Phi) is 3.32. The van der Waals surface area contributed by atoms with Gasteiger partial charge in [-0.1, -0.05) is 70.5 Å².